The van der Waals surface area contributed by atoms with Crippen LogP contribution in [0.1, 0.15) is 36.5 Å². The van der Waals surface area contributed by atoms with E-state index in [9.17, 15) is 4.79 Å². The van der Waals surface area contributed by atoms with Crippen LogP contribution < -0.4 is 9.47 Å². The monoisotopic (exact) mass is 234 g/mol. The third-order valence-corrected chi connectivity index (χ3v) is 3.10. The SMILES string of the molecule is CCOc1cc(C=O)ccc1OCC1CCC1. The van der Waals surface area contributed by atoms with Gasteiger partial charge in [-0.15, -0.1) is 0 Å². The van der Waals surface area contributed by atoms with E-state index in [1.165, 1.54) is 19.3 Å². The number of rotatable bonds is 6. The van der Waals surface area contributed by atoms with Crippen molar-refractivity contribution in [3.05, 3.63) is 23.8 Å². The number of ether oxygens (including phenoxy) is 2. The lowest BCUT2D eigenvalue weighted by Crippen LogP contribution is -2.19. The van der Waals surface area contributed by atoms with Gasteiger partial charge in [0, 0.05) is 5.56 Å². The van der Waals surface area contributed by atoms with Crippen LogP contribution in [-0.2, 0) is 0 Å². The lowest BCUT2D eigenvalue weighted by molar-refractivity contribution is 0.112. The molecule has 0 unspecified atom stereocenters. The van der Waals surface area contributed by atoms with Crippen LogP contribution in [0.15, 0.2) is 18.2 Å². The topological polar surface area (TPSA) is 35.5 Å². The molecule has 17 heavy (non-hydrogen) atoms. The van der Waals surface area contributed by atoms with Crippen molar-refractivity contribution in [2.24, 2.45) is 5.92 Å². The summed E-state index contributed by atoms with van der Waals surface area (Å²) in [5.41, 5.74) is 0.615. The molecule has 3 nitrogen and oxygen atoms in total. The second kappa shape index (κ2) is 5.71. The molecular weight excluding hydrogens is 216 g/mol. The van der Waals surface area contributed by atoms with E-state index in [1.807, 2.05) is 13.0 Å². The van der Waals surface area contributed by atoms with E-state index in [0.717, 1.165) is 18.6 Å². The van der Waals surface area contributed by atoms with Gasteiger partial charge in [0.1, 0.15) is 6.29 Å². The molecule has 1 aromatic rings. The molecule has 1 fully saturated rings. The standard InChI is InChI=1S/C14H18O3/c1-2-16-14-8-12(9-15)6-7-13(14)17-10-11-4-3-5-11/h6-9,11H,2-5,10H2,1H3. The molecule has 0 N–H and O–H groups in total. The van der Waals surface area contributed by atoms with E-state index >= 15 is 0 Å². The first-order chi connectivity index (χ1) is 8.33. The Hall–Kier alpha value is -1.51. The summed E-state index contributed by atoms with van der Waals surface area (Å²) in [4.78, 5) is 10.7. The summed E-state index contributed by atoms with van der Waals surface area (Å²) < 4.78 is 11.2. The largest absolute Gasteiger partial charge is 0.490 e. The Morgan fingerprint density at radius 2 is 2.12 bits per heavy atom. The minimum absolute atomic E-state index is 0.572. The first-order valence-corrected chi connectivity index (χ1v) is 6.18. The van der Waals surface area contributed by atoms with E-state index in [0.29, 0.717) is 23.8 Å². The lowest BCUT2D eigenvalue weighted by atomic mass is 9.86. The summed E-state index contributed by atoms with van der Waals surface area (Å²) in [6.07, 6.45) is 4.65. The van der Waals surface area contributed by atoms with Crippen LogP contribution in [0.3, 0.4) is 0 Å². The highest BCUT2D eigenvalue weighted by atomic mass is 16.5. The molecule has 1 saturated carbocycles. The molecule has 92 valence electrons. The molecule has 0 aromatic heterocycles. The van der Waals surface area contributed by atoms with Crippen molar-refractivity contribution in [3.63, 3.8) is 0 Å². The van der Waals surface area contributed by atoms with Gasteiger partial charge in [0.2, 0.25) is 0 Å². The van der Waals surface area contributed by atoms with Gasteiger partial charge in [-0.3, -0.25) is 4.79 Å². The summed E-state index contributed by atoms with van der Waals surface area (Å²) in [6.45, 7) is 3.24. The molecular formula is C14H18O3. The van der Waals surface area contributed by atoms with Crippen LogP contribution in [0.4, 0.5) is 0 Å². The maximum absolute atomic E-state index is 10.7. The Morgan fingerprint density at radius 1 is 1.29 bits per heavy atom. The predicted octanol–water partition coefficient (Wildman–Crippen LogP) is 3.08. The molecule has 2 rings (SSSR count). The van der Waals surface area contributed by atoms with Crippen molar-refractivity contribution in [2.45, 2.75) is 26.2 Å². The van der Waals surface area contributed by atoms with Crippen LogP contribution in [0.25, 0.3) is 0 Å². The van der Waals surface area contributed by atoms with Crippen LogP contribution in [0, 0.1) is 5.92 Å². The van der Waals surface area contributed by atoms with E-state index < -0.39 is 0 Å². The molecule has 1 aliphatic rings. The fraction of sp³-hybridized carbons (Fsp3) is 0.500. The second-order valence-corrected chi connectivity index (χ2v) is 4.36. The van der Waals surface area contributed by atoms with Gasteiger partial charge in [-0.2, -0.15) is 0 Å². The summed E-state index contributed by atoms with van der Waals surface area (Å²) in [6, 6.07) is 5.30. The molecule has 0 atom stereocenters. The molecule has 0 spiro atoms. The molecule has 0 bridgehead atoms. The Labute approximate surface area is 102 Å². The zero-order chi connectivity index (χ0) is 12.1. The van der Waals surface area contributed by atoms with Gasteiger partial charge in [0.05, 0.1) is 13.2 Å². The van der Waals surface area contributed by atoms with Crippen molar-refractivity contribution >= 4 is 6.29 Å². The number of carbonyl (C=O) groups excluding carboxylic acids is 1. The minimum Gasteiger partial charge on any atom is -0.490 e. The average molecular weight is 234 g/mol. The maximum Gasteiger partial charge on any atom is 0.161 e. The molecule has 3 heteroatoms. The number of benzene rings is 1. The Morgan fingerprint density at radius 3 is 2.71 bits per heavy atom. The highest BCUT2D eigenvalue weighted by molar-refractivity contribution is 5.76. The Kier molecular flexibility index (Phi) is 4.02. The van der Waals surface area contributed by atoms with Gasteiger partial charge in [-0.25, -0.2) is 0 Å². The number of hydrogen-bond donors (Lipinski definition) is 0. The summed E-state index contributed by atoms with van der Waals surface area (Å²) in [7, 11) is 0. The van der Waals surface area contributed by atoms with E-state index in [4.69, 9.17) is 9.47 Å². The van der Waals surface area contributed by atoms with Gasteiger partial charge in [-0.1, -0.05) is 6.42 Å². The number of carbonyl (C=O) groups is 1. The van der Waals surface area contributed by atoms with E-state index in [-0.39, 0.29) is 0 Å². The van der Waals surface area contributed by atoms with Crippen LogP contribution >= 0.6 is 0 Å². The molecule has 0 radical (unpaired) electrons. The smallest absolute Gasteiger partial charge is 0.161 e. The summed E-state index contributed by atoms with van der Waals surface area (Å²) in [5, 5.41) is 0. The summed E-state index contributed by atoms with van der Waals surface area (Å²) in [5.74, 6) is 2.09. The zero-order valence-corrected chi connectivity index (χ0v) is 10.1. The third-order valence-electron chi connectivity index (χ3n) is 3.10. The quantitative estimate of drug-likeness (QED) is 0.709. The number of hydrogen-bond acceptors (Lipinski definition) is 3. The Balaban J connectivity index is 2.04. The maximum atomic E-state index is 10.7. The van der Waals surface area contributed by atoms with Crippen molar-refractivity contribution < 1.29 is 14.3 Å². The van der Waals surface area contributed by atoms with Crippen LogP contribution in [0.2, 0.25) is 0 Å². The van der Waals surface area contributed by atoms with Gasteiger partial charge >= 0.3 is 0 Å². The van der Waals surface area contributed by atoms with Gasteiger partial charge in [0.25, 0.3) is 0 Å². The molecule has 1 aromatic carbocycles. The van der Waals surface area contributed by atoms with Crippen LogP contribution in [-0.4, -0.2) is 19.5 Å². The fourth-order valence-electron chi connectivity index (χ4n) is 1.85. The minimum atomic E-state index is 0.572. The van der Waals surface area contributed by atoms with Crippen molar-refractivity contribution in [1.29, 1.82) is 0 Å². The lowest BCUT2D eigenvalue weighted by Gasteiger charge is -2.25. The first-order valence-electron chi connectivity index (χ1n) is 6.18. The average Bonchev–Trinajstić information content (AvgIpc) is 2.29. The Bertz CT molecular complexity index is 383. The summed E-state index contributed by atoms with van der Waals surface area (Å²) >= 11 is 0. The highest BCUT2D eigenvalue weighted by Crippen LogP contribution is 2.31. The van der Waals surface area contributed by atoms with Gasteiger partial charge < -0.3 is 9.47 Å². The molecule has 0 heterocycles. The first kappa shape index (κ1) is 12.0. The number of aldehydes is 1. The predicted molar refractivity (Wildman–Crippen MR) is 65.8 cm³/mol. The second-order valence-electron chi connectivity index (χ2n) is 4.36. The molecule has 0 amide bonds. The normalized spacial score (nSPS) is 15.1. The van der Waals surface area contributed by atoms with E-state index in [2.05, 4.69) is 0 Å². The van der Waals surface area contributed by atoms with Gasteiger partial charge in [-0.05, 0) is 43.9 Å². The highest BCUT2D eigenvalue weighted by Gasteiger charge is 2.18. The van der Waals surface area contributed by atoms with Gasteiger partial charge in [0.15, 0.2) is 11.5 Å². The van der Waals surface area contributed by atoms with Crippen molar-refractivity contribution in [3.8, 4) is 11.5 Å². The van der Waals surface area contributed by atoms with Crippen LogP contribution in [0.5, 0.6) is 11.5 Å². The zero-order valence-electron chi connectivity index (χ0n) is 10.1. The third kappa shape index (κ3) is 2.99. The molecule has 0 saturated heterocycles. The van der Waals surface area contributed by atoms with Crippen molar-refractivity contribution in [1.82, 2.24) is 0 Å². The molecule has 0 aliphatic heterocycles. The van der Waals surface area contributed by atoms with E-state index in [1.54, 1.807) is 12.1 Å². The fourth-order valence-corrected chi connectivity index (χ4v) is 1.85. The van der Waals surface area contributed by atoms with Crippen molar-refractivity contribution in [2.75, 3.05) is 13.2 Å². The molecule has 1 aliphatic carbocycles.